The molecule has 0 spiro atoms. The predicted molar refractivity (Wildman–Crippen MR) is 75.7 cm³/mol. The maximum absolute atomic E-state index is 9.00. The molecule has 0 fully saturated rings. The third kappa shape index (κ3) is 4.65. The van der Waals surface area contributed by atoms with Gasteiger partial charge in [0.05, 0.1) is 10.0 Å². The minimum absolute atomic E-state index is 0.589. The van der Waals surface area contributed by atoms with Gasteiger partial charge in [-0.1, -0.05) is 59.6 Å². The van der Waals surface area contributed by atoms with E-state index in [1.54, 1.807) is 0 Å². The summed E-state index contributed by atoms with van der Waals surface area (Å²) in [6, 6.07) is 14.9. The second-order valence-corrected chi connectivity index (χ2v) is 4.21. The van der Waals surface area contributed by atoms with Crippen LogP contribution in [-0.2, 0) is 0 Å². The molecule has 2 aromatic rings. The number of carbonyl (C=O) groups is 1. The number of nitrogens with two attached hydrogens (primary N) is 2. The maximum Gasteiger partial charge on any atom is 0.309 e. The van der Waals surface area contributed by atoms with E-state index in [9.17, 15) is 0 Å². The van der Waals surface area contributed by atoms with Gasteiger partial charge in [-0.05, 0) is 23.3 Å². The molecule has 0 saturated heterocycles. The lowest BCUT2D eigenvalue weighted by atomic mass is 10.1. The quantitative estimate of drug-likeness (QED) is 0.823. The summed E-state index contributed by atoms with van der Waals surface area (Å²) in [4.78, 5) is 9.00. The van der Waals surface area contributed by atoms with E-state index < -0.39 is 6.03 Å². The van der Waals surface area contributed by atoms with Crippen molar-refractivity contribution in [3.8, 4) is 11.1 Å². The van der Waals surface area contributed by atoms with Gasteiger partial charge in [0.15, 0.2) is 0 Å². The van der Waals surface area contributed by atoms with Crippen LogP contribution in [0.1, 0.15) is 0 Å². The number of amides is 2. The molecule has 3 nitrogen and oxygen atoms in total. The summed E-state index contributed by atoms with van der Waals surface area (Å²) < 4.78 is 0. The van der Waals surface area contributed by atoms with E-state index in [0.717, 1.165) is 11.1 Å². The molecule has 0 saturated carbocycles. The van der Waals surface area contributed by atoms with Crippen LogP contribution in [0.5, 0.6) is 0 Å². The molecule has 0 aliphatic heterocycles. The number of primary amides is 2. The molecule has 0 atom stereocenters. The molecule has 94 valence electrons. The molecule has 5 heteroatoms. The molecule has 0 radical (unpaired) electrons. The first-order chi connectivity index (χ1) is 8.50. The van der Waals surface area contributed by atoms with Gasteiger partial charge in [0.1, 0.15) is 0 Å². The molecule has 4 N–H and O–H groups in total. The van der Waals surface area contributed by atoms with Crippen LogP contribution in [-0.4, -0.2) is 6.03 Å². The smallest absolute Gasteiger partial charge is 0.309 e. The van der Waals surface area contributed by atoms with Crippen molar-refractivity contribution < 1.29 is 4.79 Å². The summed E-state index contributed by atoms with van der Waals surface area (Å²) >= 11 is 11.8. The lowest BCUT2D eigenvalue weighted by Gasteiger charge is -2.02. The van der Waals surface area contributed by atoms with Crippen molar-refractivity contribution in [1.82, 2.24) is 0 Å². The highest BCUT2D eigenvalue weighted by Crippen LogP contribution is 2.28. The Morgan fingerprint density at radius 3 is 1.89 bits per heavy atom. The van der Waals surface area contributed by atoms with E-state index in [0.29, 0.717) is 10.0 Å². The van der Waals surface area contributed by atoms with Crippen LogP contribution in [0.25, 0.3) is 11.1 Å². The average molecular weight is 283 g/mol. The Kier molecular flexibility index (Phi) is 5.49. The third-order valence-corrected chi connectivity index (χ3v) is 2.77. The van der Waals surface area contributed by atoms with Gasteiger partial charge in [0, 0.05) is 0 Å². The molecule has 0 aromatic heterocycles. The molecular weight excluding hydrogens is 271 g/mol. The van der Waals surface area contributed by atoms with Crippen molar-refractivity contribution in [2.45, 2.75) is 0 Å². The van der Waals surface area contributed by atoms with Crippen LogP contribution < -0.4 is 11.5 Å². The fraction of sp³-hybridized carbons (Fsp3) is 0. The minimum atomic E-state index is -0.833. The van der Waals surface area contributed by atoms with E-state index in [-0.39, 0.29) is 0 Å². The van der Waals surface area contributed by atoms with Crippen LogP contribution in [0.3, 0.4) is 0 Å². The highest BCUT2D eigenvalue weighted by Gasteiger charge is 2.00. The molecule has 0 unspecified atom stereocenters. The van der Waals surface area contributed by atoms with Crippen LogP contribution in [0, 0.1) is 0 Å². The fourth-order valence-electron chi connectivity index (χ4n) is 1.31. The van der Waals surface area contributed by atoms with Crippen LogP contribution in [0.2, 0.25) is 10.0 Å². The van der Waals surface area contributed by atoms with Gasteiger partial charge >= 0.3 is 6.03 Å². The Balaban J connectivity index is 0.000000357. The van der Waals surface area contributed by atoms with Crippen molar-refractivity contribution >= 4 is 29.2 Å². The first-order valence-corrected chi connectivity index (χ1v) is 5.81. The fourth-order valence-corrected chi connectivity index (χ4v) is 1.60. The second kappa shape index (κ2) is 6.89. The number of hydrogen-bond acceptors (Lipinski definition) is 1. The topological polar surface area (TPSA) is 69.1 Å². The van der Waals surface area contributed by atoms with E-state index >= 15 is 0 Å². The van der Waals surface area contributed by atoms with Crippen LogP contribution >= 0.6 is 23.2 Å². The van der Waals surface area contributed by atoms with Crippen LogP contribution in [0.4, 0.5) is 4.79 Å². The molecule has 2 amide bonds. The monoisotopic (exact) mass is 282 g/mol. The SMILES string of the molecule is Clc1ccc(-c2ccccc2)cc1Cl.NC(N)=O. The predicted octanol–water partition coefficient (Wildman–Crippen LogP) is 3.68. The molecular formula is C13H12Cl2N2O. The van der Waals surface area contributed by atoms with Crippen molar-refractivity contribution in [3.05, 3.63) is 58.6 Å². The molecule has 0 heterocycles. The van der Waals surface area contributed by atoms with Crippen LogP contribution in [0.15, 0.2) is 48.5 Å². The second-order valence-electron chi connectivity index (χ2n) is 3.40. The highest BCUT2D eigenvalue weighted by atomic mass is 35.5. The van der Waals surface area contributed by atoms with Gasteiger partial charge < -0.3 is 11.5 Å². The molecule has 0 aliphatic carbocycles. The van der Waals surface area contributed by atoms with Crippen molar-refractivity contribution in [1.29, 1.82) is 0 Å². The first-order valence-electron chi connectivity index (χ1n) is 5.06. The zero-order valence-corrected chi connectivity index (χ0v) is 10.9. The summed E-state index contributed by atoms with van der Waals surface area (Å²) in [7, 11) is 0. The number of carbonyl (C=O) groups excluding carboxylic acids is 1. The Morgan fingerprint density at radius 2 is 1.39 bits per heavy atom. The summed E-state index contributed by atoms with van der Waals surface area (Å²) in [5.74, 6) is 0. The van der Waals surface area contributed by atoms with Gasteiger partial charge in [0.25, 0.3) is 0 Å². The molecule has 18 heavy (non-hydrogen) atoms. The van der Waals surface area contributed by atoms with Gasteiger partial charge in [-0.25, -0.2) is 4.79 Å². The number of rotatable bonds is 1. The number of benzene rings is 2. The normalized spacial score (nSPS) is 9.22. The summed E-state index contributed by atoms with van der Waals surface area (Å²) in [6.07, 6.45) is 0. The molecule has 0 aliphatic rings. The lowest BCUT2D eigenvalue weighted by molar-refractivity contribution is 0.256. The summed E-state index contributed by atoms with van der Waals surface area (Å²) in [6.45, 7) is 0. The third-order valence-electron chi connectivity index (χ3n) is 2.03. The van der Waals surface area contributed by atoms with E-state index in [1.165, 1.54) is 0 Å². The number of urea groups is 1. The average Bonchev–Trinajstić information content (AvgIpc) is 2.33. The Hall–Kier alpha value is -1.71. The van der Waals surface area contributed by atoms with Gasteiger partial charge in [-0.2, -0.15) is 0 Å². The molecule has 2 rings (SSSR count). The standard InChI is InChI=1S/C12H8Cl2.CH4N2O/c13-11-7-6-10(8-12(11)14)9-4-2-1-3-5-9;2-1(3)4/h1-8H;(H4,2,3,4). The maximum atomic E-state index is 9.00. The summed E-state index contributed by atoms with van der Waals surface area (Å²) in [5.41, 5.74) is 10.7. The van der Waals surface area contributed by atoms with E-state index in [2.05, 4.69) is 11.5 Å². The lowest BCUT2D eigenvalue weighted by Crippen LogP contribution is -2.18. The van der Waals surface area contributed by atoms with Crippen molar-refractivity contribution in [3.63, 3.8) is 0 Å². The number of halogens is 2. The Bertz CT molecular complexity index is 526. The highest BCUT2D eigenvalue weighted by molar-refractivity contribution is 6.42. The summed E-state index contributed by atoms with van der Waals surface area (Å²) in [5, 5.41) is 1.18. The first kappa shape index (κ1) is 14.4. The largest absolute Gasteiger partial charge is 0.352 e. The number of hydrogen-bond donors (Lipinski definition) is 2. The van der Waals surface area contributed by atoms with Gasteiger partial charge in [-0.3, -0.25) is 0 Å². The van der Waals surface area contributed by atoms with Crippen molar-refractivity contribution in [2.75, 3.05) is 0 Å². The molecule has 0 bridgehead atoms. The zero-order chi connectivity index (χ0) is 13.5. The van der Waals surface area contributed by atoms with E-state index in [4.69, 9.17) is 28.0 Å². The molecule has 2 aromatic carbocycles. The Labute approximate surface area is 115 Å². The van der Waals surface area contributed by atoms with E-state index in [1.807, 2.05) is 48.5 Å². The Morgan fingerprint density at radius 1 is 0.833 bits per heavy atom. The zero-order valence-electron chi connectivity index (χ0n) is 9.44. The van der Waals surface area contributed by atoms with Gasteiger partial charge in [-0.15, -0.1) is 0 Å². The van der Waals surface area contributed by atoms with Crippen molar-refractivity contribution in [2.24, 2.45) is 11.5 Å². The minimum Gasteiger partial charge on any atom is -0.352 e. The van der Waals surface area contributed by atoms with Gasteiger partial charge in [0.2, 0.25) is 0 Å².